The first-order valence-electron chi connectivity index (χ1n) is 12.0. The van der Waals surface area contributed by atoms with Crippen LogP contribution < -0.4 is 4.74 Å². The highest BCUT2D eigenvalue weighted by molar-refractivity contribution is 5.71. The van der Waals surface area contributed by atoms with Gasteiger partial charge >= 0.3 is 12.3 Å². The Hall–Kier alpha value is -3.00. The van der Waals surface area contributed by atoms with Crippen molar-refractivity contribution in [3.05, 3.63) is 87.7 Å². The van der Waals surface area contributed by atoms with Crippen LogP contribution in [0.4, 0.5) is 26.3 Å². The number of benzene rings is 3. The third-order valence-corrected chi connectivity index (χ3v) is 6.81. The molecule has 1 aliphatic heterocycles. The fourth-order valence-corrected chi connectivity index (χ4v) is 4.83. The molecular formula is C29H28F6O2. The van der Waals surface area contributed by atoms with Crippen molar-refractivity contribution in [2.45, 2.75) is 58.9 Å². The van der Waals surface area contributed by atoms with E-state index in [9.17, 15) is 26.3 Å². The zero-order valence-electron chi connectivity index (χ0n) is 21.0. The fourth-order valence-electron chi connectivity index (χ4n) is 4.83. The van der Waals surface area contributed by atoms with E-state index in [2.05, 4.69) is 23.8 Å². The Morgan fingerprint density at radius 2 is 1.49 bits per heavy atom. The van der Waals surface area contributed by atoms with Gasteiger partial charge in [0.25, 0.3) is 0 Å². The zero-order valence-corrected chi connectivity index (χ0v) is 21.0. The molecule has 1 saturated heterocycles. The van der Waals surface area contributed by atoms with Crippen LogP contribution in [0, 0.1) is 32.5 Å². The van der Waals surface area contributed by atoms with Gasteiger partial charge in [0.05, 0.1) is 17.2 Å². The van der Waals surface area contributed by atoms with E-state index in [1.807, 2.05) is 13.8 Å². The lowest BCUT2D eigenvalue weighted by Gasteiger charge is -2.28. The van der Waals surface area contributed by atoms with E-state index in [-0.39, 0.29) is 6.10 Å². The Morgan fingerprint density at radius 3 is 2.03 bits per heavy atom. The van der Waals surface area contributed by atoms with Crippen molar-refractivity contribution in [3.63, 3.8) is 0 Å². The maximum atomic E-state index is 14.8. The quantitative estimate of drug-likeness (QED) is 0.311. The minimum atomic E-state index is -4.91. The van der Waals surface area contributed by atoms with Gasteiger partial charge in [0.1, 0.15) is 11.6 Å². The first-order valence-corrected chi connectivity index (χ1v) is 12.0. The van der Waals surface area contributed by atoms with E-state index in [4.69, 9.17) is 4.74 Å². The van der Waals surface area contributed by atoms with Gasteiger partial charge < -0.3 is 9.47 Å². The van der Waals surface area contributed by atoms with Crippen molar-refractivity contribution in [3.8, 4) is 16.9 Å². The van der Waals surface area contributed by atoms with Gasteiger partial charge in [0.2, 0.25) is 0 Å². The summed E-state index contributed by atoms with van der Waals surface area (Å²) in [6.07, 6.45) is -6.82. The lowest BCUT2D eigenvalue weighted by molar-refractivity contribution is -0.186. The number of ether oxygens (including phenoxy) is 2. The van der Waals surface area contributed by atoms with Gasteiger partial charge in [-0.05, 0) is 91.1 Å². The van der Waals surface area contributed by atoms with Gasteiger partial charge in [0.15, 0.2) is 0 Å². The van der Waals surface area contributed by atoms with E-state index in [1.54, 1.807) is 0 Å². The minimum Gasteiger partial charge on any atom is -0.429 e. The largest absolute Gasteiger partial charge is 0.429 e. The Kier molecular flexibility index (Phi) is 7.34. The lowest BCUT2D eigenvalue weighted by Crippen LogP contribution is -2.22. The molecule has 2 atom stereocenters. The molecule has 198 valence electrons. The SMILES string of the molecule is Cc1cc(C2CCC(C)CO2)cc(C)c1-c1ccc(C(F)(F)Oc2cc(F)c(C)c(C(F)(F)F)c2)cc1. The fraction of sp³-hybridized carbons (Fsp3) is 0.379. The van der Waals surface area contributed by atoms with E-state index in [1.165, 1.54) is 12.1 Å². The van der Waals surface area contributed by atoms with Crippen molar-refractivity contribution in [1.29, 1.82) is 0 Å². The van der Waals surface area contributed by atoms with Crippen LogP contribution in [0.3, 0.4) is 0 Å². The molecule has 0 N–H and O–H groups in total. The maximum Gasteiger partial charge on any atom is 0.426 e. The zero-order chi connectivity index (χ0) is 27.1. The third-order valence-electron chi connectivity index (χ3n) is 6.81. The molecule has 0 aromatic heterocycles. The molecule has 3 aromatic rings. The van der Waals surface area contributed by atoms with Gasteiger partial charge in [-0.2, -0.15) is 22.0 Å². The first-order chi connectivity index (χ1) is 17.3. The summed E-state index contributed by atoms with van der Waals surface area (Å²) in [5.74, 6) is -1.65. The summed E-state index contributed by atoms with van der Waals surface area (Å²) in [5, 5.41) is 0. The second kappa shape index (κ2) is 10.0. The molecule has 2 nitrogen and oxygen atoms in total. The summed E-state index contributed by atoms with van der Waals surface area (Å²) >= 11 is 0. The van der Waals surface area contributed by atoms with E-state index >= 15 is 0 Å². The summed E-state index contributed by atoms with van der Waals surface area (Å²) < 4.78 is 93.7. The molecule has 0 saturated carbocycles. The normalized spacial score (nSPS) is 18.6. The topological polar surface area (TPSA) is 18.5 Å². The van der Waals surface area contributed by atoms with Crippen molar-refractivity contribution in [2.24, 2.45) is 5.92 Å². The average Bonchev–Trinajstić information content (AvgIpc) is 2.80. The van der Waals surface area contributed by atoms with Crippen LogP contribution in [-0.4, -0.2) is 6.61 Å². The highest BCUT2D eigenvalue weighted by atomic mass is 19.4. The van der Waals surface area contributed by atoms with Crippen molar-refractivity contribution in [2.75, 3.05) is 6.61 Å². The second-order valence-electron chi connectivity index (χ2n) is 9.81. The summed E-state index contributed by atoms with van der Waals surface area (Å²) in [5.41, 5.74) is 2.03. The molecule has 2 unspecified atom stereocenters. The number of halogens is 6. The number of rotatable bonds is 5. The van der Waals surface area contributed by atoms with Crippen molar-refractivity contribution < 1.29 is 35.8 Å². The standard InChI is InChI=1S/C29H28F6O2/c1-16-5-10-26(36-15-16)21-11-17(2)27(18(3)12-21)20-6-8-22(9-7-20)29(34,35)37-23-13-24(28(31,32)33)19(4)25(30)14-23/h6-9,11-14,16,26H,5,10,15H2,1-4H3. The van der Waals surface area contributed by atoms with Gasteiger partial charge in [-0.1, -0.05) is 31.2 Å². The molecule has 0 spiro atoms. The molecule has 1 heterocycles. The van der Waals surface area contributed by atoms with Crippen LogP contribution >= 0.6 is 0 Å². The second-order valence-corrected chi connectivity index (χ2v) is 9.81. The molecule has 37 heavy (non-hydrogen) atoms. The van der Waals surface area contributed by atoms with E-state index in [0.717, 1.165) is 60.8 Å². The number of hydrogen-bond donors (Lipinski definition) is 0. The van der Waals surface area contributed by atoms with Crippen molar-refractivity contribution in [1.82, 2.24) is 0 Å². The third kappa shape index (κ3) is 5.79. The molecule has 0 bridgehead atoms. The van der Waals surface area contributed by atoms with E-state index in [0.29, 0.717) is 23.6 Å². The summed E-state index contributed by atoms with van der Waals surface area (Å²) in [4.78, 5) is 0. The predicted octanol–water partition coefficient (Wildman–Crippen LogP) is 9.05. The minimum absolute atomic E-state index is 0.0327. The van der Waals surface area contributed by atoms with E-state index < -0.39 is 40.5 Å². The molecule has 1 aliphatic rings. The van der Waals surface area contributed by atoms with Gasteiger partial charge in [-0.25, -0.2) is 4.39 Å². The molecule has 0 amide bonds. The monoisotopic (exact) mass is 522 g/mol. The molecular weight excluding hydrogens is 494 g/mol. The Bertz CT molecular complexity index is 1250. The highest BCUT2D eigenvalue weighted by Crippen LogP contribution is 2.40. The van der Waals surface area contributed by atoms with Crippen LogP contribution in [0.1, 0.15) is 59.3 Å². The molecule has 1 fully saturated rings. The van der Waals surface area contributed by atoms with Gasteiger partial charge in [0, 0.05) is 12.7 Å². The summed E-state index contributed by atoms with van der Waals surface area (Å²) in [6, 6.07) is 10.3. The number of alkyl halides is 5. The first kappa shape index (κ1) is 27.0. The summed E-state index contributed by atoms with van der Waals surface area (Å²) in [6.45, 7) is 7.71. The molecule has 0 radical (unpaired) electrons. The van der Waals surface area contributed by atoms with Gasteiger partial charge in [-0.3, -0.25) is 0 Å². The van der Waals surface area contributed by atoms with Crippen LogP contribution in [0.2, 0.25) is 0 Å². The predicted molar refractivity (Wildman–Crippen MR) is 129 cm³/mol. The maximum absolute atomic E-state index is 14.8. The smallest absolute Gasteiger partial charge is 0.426 e. The Balaban J connectivity index is 1.57. The summed E-state index contributed by atoms with van der Waals surface area (Å²) in [7, 11) is 0. The molecule has 4 rings (SSSR count). The molecule has 3 aromatic carbocycles. The van der Waals surface area contributed by atoms with Crippen LogP contribution in [0.25, 0.3) is 11.1 Å². The van der Waals surface area contributed by atoms with Crippen LogP contribution in [-0.2, 0) is 17.0 Å². The number of aryl methyl sites for hydroxylation is 2. The highest BCUT2D eigenvalue weighted by Gasteiger charge is 2.38. The van der Waals surface area contributed by atoms with Gasteiger partial charge in [-0.15, -0.1) is 0 Å². The number of hydrogen-bond acceptors (Lipinski definition) is 2. The molecule has 0 aliphatic carbocycles. The average molecular weight is 523 g/mol. The lowest BCUT2D eigenvalue weighted by atomic mass is 9.89. The van der Waals surface area contributed by atoms with Crippen LogP contribution in [0.5, 0.6) is 5.75 Å². The van der Waals surface area contributed by atoms with Crippen LogP contribution in [0.15, 0.2) is 48.5 Å². The molecule has 8 heteroatoms. The van der Waals surface area contributed by atoms with Crippen molar-refractivity contribution >= 4 is 0 Å². The Labute approximate surface area is 212 Å². The Morgan fingerprint density at radius 1 is 0.865 bits per heavy atom.